The van der Waals surface area contributed by atoms with E-state index < -0.39 is 12.0 Å². The molecule has 130 valence electrons. The van der Waals surface area contributed by atoms with E-state index >= 15 is 0 Å². The van der Waals surface area contributed by atoms with Crippen molar-refractivity contribution in [1.82, 2.24) is 4.90 Å². The zero-order chi connectivity index (χ0) is 17.6. The quantitative estimate of drug-likeness (QED) is 0.664. The lowest BCUT2D eigenvalue weighted by molar-refractivity contribution is 0.262. The minimum absolute atomic E-state index is 0.0845. The summed E-state index contributed by atoms with van der Waals surface area (Å²) < 4.78 is 20.0. The smallest absolute Gasteiger partial charge is 0.152 e. The average Bonchev–Trinajstić information content (AvgIpc) is 2.63. The summed E-state index contributed by atoms with van der Waals surface area (Å²) in [5, 5.41) is 0.752. The second-order valence-corrected chi connectivity index (χ2v) is 6.28. The third-order valence-corrected chi connectivity index (χ3v) is 4.25. The van der Waals surface area contributed by atoms with Crippen LogP contribution in [0.5, 0.6) is 5.75 Å². The number of nitrogens with zero attached hydrogens (tertiary/aromatic N) is 3. The van der Waals surface area contributed by atoms with E-state index in [4.69, 9.17) is 27.9 Å². The van der Waals surface area contributed by atoms with Crippen LogP contribution >= 0.6 is 23.2 Å². The number of benzene rings is 2. The largest absolute Gasteiger partial charge is 0.494 e. The molecule has 2 aromatic rings. The predicted octanol–water partition coefficient (Wildman–Crippen LogP) is 4.97. The minimum atomic E-state index is -0.480. The van der Waals surface area contributed by atoms with Gasteiger partial charge in [0.2, 0.25) is 0 Å². The van der Waals surface area contributed by atoms with Gasteiger partial charge in [-0.1, -0.05) is 35.3 Å². The Morgan fingerprint density at radius 1 is 1.12 bits per heavy atom. The molecule has 0 saturated carbocycles. The van der Waals surface area contributed by atoms with E-state index in [9.17, 15) is 4.39 Å². The molecule has 4 nitrogen and oxygen atoms in total. The number of hydrogen-bond acceptors (Lipinski definition) is 4. The highest BCUT2D eigenvalue weighted by atomic mass is 35.5. The number of hydrogen-bond donors (Lipinski definition) is 0. The van der Waals surface area contributed by atoms with E-state index in [-0.39, 0.29) is 5.02 Å². The van der Waals surface area contributed by atoms with Crippen LogP contribution in [0.1, 0.15) is 18.2 Å². The van der Waals surface area contributed by atoms with Crippen molar-refractivity contribution in [3.05, 3.63) is 63.9 Å². The second-order valence-electron chi connectivity index (χ2n) is 5.44. The molecule has 0 fully saturated rings. The van der Waals surface area contributed by atoms with Crippen molar-refractivity contribution in [2.45, 2.75) is 12.6 Å². The van der Waals surface area contributed by atoms with Gasteiger partial charge < -0.3 is 9.64 Å². The second kappa shape index (κ2) is 8.32. The molecular formula is C18H16Cl2FN3O. The van der Waals surface area contributed by atoms with Crippen LogP contribution in [0.4, 0.5) is 4.39 Å². The van der Waals surface area contributed by atoms with Gasteiger partial charge in [0.1, 0.15) is 17.9 Å². The van der Waals surface area contributed by atoms with E-state index in [2.05, 4.69) is 9.98 Å². The Labute approximate surface area is 155 Å². The van der Waals surface area contributed by atoms with Gasteiger partial charge in [-0.3, -0.25) is 0 Å². The van der Waals surface area contributed by atoms with Crippen LogP contribution in [0.3, 0.4) is 0 Å². The third-order valence-electron chi connectivity index (χ3n) is 3.71. The van der Waals surface area contributed by atoms with Crippen molar-refractivity contribution < 1.29 is 9.13 Å². The Kier molecular flexibility index (Phi) is 5.89. The van der Waals surface area contributed by atoms with Gasteiger partial charge in [0, 0.05) is 17.1 Å². The number of rotatable bonds is 6. The molecule has 1 aliphatic heterocycles. The van der Waals surface area contributed by atoms with Crippen LogP contribution in [0.2, 0.25) is 10.0 Å². The molecule has 0 spiro atoms. The molecule has 1 atom stereocenters. The molecule has 0 aliphatic carbocycles. The lowest BCUT2D eigenvalue weighted by Crippen LogP contribution is -2.31. The summed E-state index contributed by atoms with van der Waals surface area (Å²) in [6.07, 6.45) is 3.32. The molecule has 25 heavy (non-hydrogen) atoms. The van der Waals surface area contributed by atoms with E-state index in [0.29, 0.717) is 23.7 Å². The van der Waals surface area contributed by atoms with Gasteiger partial charge >= 0.3 is 0 Å². The lowest BCUT2D eigenvalue weighted by atomic mass is 10.1. The zero-order valence-electron chi connectivity index (χ0n) is 13.3. The van der Waals surface area contributed by atoms with Gasteiger partial charge in [0.25, 0.3) is 0 Å². The first-order valence-corrected chi connectivity index (χ1v) is 8.54. The summed E-state index contributed by atoms with van der Waals surface area (Å²) in [6.45, 7) is 1.13. The standard InChI is InChI=1S/C18H16Cl2FN3O/c19-13-5-7-14(8-6-13)25-10-2-9-24-12-22-11-23-18(24)15-3-1-4-16(20)17(15)21/h1,3-8,11-12,18H,2,9-10H2. The Hall–Kier alpha value is -2.11. The van der Waals surface area contributed by atoms with E-state index in [0.717, 1.165) is 12.2 Å². The molecule has 3 rings (SSSR count). The Bertz CT molecular complexity index is 780. The van der Waals surface area contributed by atoms with Crippen molar-refractivity contribution in [2.75, 3.05) is 13.2 Å². The predicted molar refractivity (Wildman–Crippen MR) is 99.4 cm³/mol. The molecule has 1 heterocycles. The highest BCUT2D eigenvalue weighted by Gasteiger charge is 2.22. The molecule has 7 heteroatoms. The molecule has 0 aromatic heterocycles. The van der Waals surface area contributed by atoms with Crippen LogP contribution in [0.15, 0.2) is 52.4 Å². The van der Waals surface area contributed by atoms with Crippen LogP contribution < -0.4 is 4.74 Å². The number of aliphatic imine (C=N–C) groups is 2. The summed E-state index contributed by atoms with van der Waals surface area (Å²) in [6, 6.07) is 12.1. The first-order chi connectivity index (χ1) is 12.1. The summed E-state index contributed by atoms with van der Waals surface area (Å²) in [5.41, 5.74) is 0.425. The Balaban J connectivity index is 1.58. The maximum absolute atomic E-state index is 14.3. The molecule has 2 aromatic carbocycles. The van der Waals surface area contributed by atoms with Crippen molar-refractivity contribution in [3.63, 3.8) is 0 Å². The Morgan fingerprint density at radius 2 is 1.92 bits per heavy atom. The van der Waals surface area contributed by atoms with Crippen LogP contribution in [0, 0.1) is 5.82 Å². The molecule has 0 amide bonds. The fourth-order valence-electron chi connectivity index (χ4n) is 2.49. The van der Waals surface area contributed by atoms with Gasteiger partial charge in [0.05, 0.1) is 18.0 Å². The van der Waals surface area contributed by atoms with Crippen LogP contribution in [-0.2, 0) is 0 Å². The van der Waals surface area contributed by atoms with E-state index in [1.807, 2.05) is 17.0 Å². The number of halogens is 3. The average molecular weight is 380 g/mol. The molecule has 1 unspecified atom stereocenters. The highest BCUT2D eigenvalue weighted by Crippen LogP contribution is 2.29. The summed E-state index contributed by atoms with van der Waals surface area (Å²) in [7, 11) is 0. The molecule has 1 aliphatic rings. The fourth-order valence-corrected chi connectivity index (χ4v) is 2.80. The maximum atomic E-state index is 14.3. The maximum Gasteiger partial charge on any atom is 0.152 e. The Morgan fingerprint density at radius 3 is 2.72 bits per heavy atom. The number of ether oxygens (including phenoxy) is 1. The summed E-state index contributed by atoms with van der Waals surface area (Å²) in [5.74, 6) is 0.302. The topological polar surface area (TPSA) is 37.2 Å². The highest BCUT2D eigenvalue weighted by molar-refractivity contribution is 6.31. The van der Waals surface area contributed by atoms with Gasteiger partial charge in [-0.15, -0.1) is 0 Å². The van der Waals surface area contributed by atoms with Gasteiger partial charge in [0.15, 0.2) is 6.17 Å². The molecule has 0 N–H and O–H groups in total. The monoisotopic (exact) mass is 379 g/mol. The summed E-state index contributed by atoms with van der Waals surface area (Å²) >= 11 is 11.7. The molecule has 0 saturated heterocycles. The minimum Gasteiger partial charge on any atom is -0.494 e. The van der Waals surface area contributed by atoms with Gasteiger partial charge in [-0.25, -0.2) is 14.4 Å². The third kappa shape index (κ3) is 4.50. The van der Waals surface area contributed by atoms with Crippen molar-refractivity contribution in [1.29, 1.82) is 0 Å². The van der Waals surface area contributed by atoms with Crippen molar-refractivity contribution in [2.24, 2.45) is 9.98 Å². The fraction of sp³-hybridized carbons (Fsp3) is 0.222. The SMILES string of the molecule is Fc1c(Cl)cccc1C1N=CN=CN1CCCOc1ccc(Cl)cc1. The normalized spacial score (nSPS) is 16.3. The van der Waals surface area contributed by atoms with Crippen LogP contribution in [0.25, 0.3) is 0 Å². The van der Waals surface area contributed by atoms with Crippen molar-refractivity contribution in [3.8, 4) is 5.75 Å². The zero-order valence-corrected chi connectivity index (χ0v) is 14.8. The molecule has 0 radical (unpaired) electrons. The first kappa shape index (κ1) is 17.7. The van der Waals surface area contributed by atoms with Crippen molar-refractivity contribution >= 4 is 35.9 Å². The molecular weight excluding hydrogens is 364 g/mol. The van der Waals surface area contributed by atoms with Gasteiger partial charge in [-0.2, -0.15) is 0 Å². The molecule has 0 bridgehead atoms. The van der Waals surface area contributed by atoms with E-state index in [1.54, 1.807) is 30.6 Å². The van der Waals surface area contributed by atoms with Gasteiger partial charge in [-0.05, 0) is 36.8 Å². The lowest BCUT2D eigenvalue weighted by Gasteiger charge is -2.29. The summed E-state index contributed by atoms with van der Waals surface area (Å²) in [4.78, 5) is 10.2. The van der Waals surface area contributed by atoms with E-state index in [1.165, 1.54) is 12.4 Å². The van der Waals surface area contributed by atoms with Crippen LogP contribution in [-0.4, -0.2) is 30.7 Å². The first-order valence-electron chi connectivity index (χ1n) is 7.78.